The Hall–Kier alpha value is -1.81. The lowest BCUT2D eigenvalue weighted by molar-refractivity contribution is -0.150. The maximum Gasteiger partial charge on any atom is 0.329 e. The second-order valence-electron chi connectivity index (χ2n) is 7.55. The molecule has 1 fully saturated rings. The number of hydrogen-bond acceptors (Lipinski definition) is 3. The fourth-order valence-corrected chi connectivity index (χ4v) is 5.64. The lowest BCUT2D eigenvalue weighted by Crippen LogP contribution is -2.53. The van der Waals surface area contributed by atoms with E-state index in [1.165, 1.54) is 29.3 Å². The van der Waals surface area contributed by atoms with Gasteiger partial charge in [-0.3, -0.25) is 4.90 Å². The summed E-state index contributed by atoms with van der Waals surface area (Å²) in [6.07, 6.45) is 3.32. The molecule has 0 unspecified atom stereocenters. The van der Waals surface area contributed by atoms with Gasteiger partial charge in [0.05, 0.1) is 13.2 Å². The molecule has 4 nitrogen and oxygen atoms in total. The number of hydrogen-bond donors (Lipinski definition) is 0. The Morgan fingerprint density at radius 2 is 2.17 bits per heavy atom. The van der Waals surface area contributed by atoms with Crippen LogP contribution in [0.4, 0.5) is 0 Å². The van der Waals surface area contributed by atoms with E-state index < -0.39 is 0 Å². The third kappa shape index (κ3) is 1.70. The number of carbonyl (C=O) groups excluding carboxylic acids is 1. The third-order valence-electron chi connectivity index (χ3n) is 6.68. The number of ether oxygens (including phenoxy) is 1. The smallest absolute Gasteiger partial charge is 0.329 e. The van der Waals surface area contributed by atoms with Gasteiger partial charge in [0.2, 0.25) is 0 Å². The zero-order chi connectivity index (χ0) is 16.4. The number of rotatable bonds is 2. The molecular weight excluding hydrogens is 300 g/mol. The standard InChI is InChI=1S/C20H24N2O2/c1-3-12-11-21-9-8-14-13-6-4-5-7-16(13)22-18(14)17(21)10-15(12)19(22)20(23)24-2/h4-7,12,15,17,19H,3,8-11H2,1-2H3/t12-,15-,17-,19+/m1/s1. The van der Waals surface area contributed by atoms with Gasteiger partial charge < -0.3 is 9.30 Å². The predicted molar refractivity (Wildman–Crippen MR) is 92.9 cm³/mol. The molecule has 24 heavy (non-hydrogen) atoms. The van der Waals surface area contributed by atoms with Crippen molar-refractivity contribution in [3.05, 3.63) is 35.5 Å². The van der Waals surface area contributed by atoms with E-state index >= 15 is 0 Å². The summed E-state index contributed by atoms with van der Waals surface area (Å²) in [5.74, 6) is 0.888. The summed E-state index contributed by atoms with van der Waals surface area (Å²) in [6, 6.07) is 8.92. The van der Waals surface area contributed by atoms with E-state index in [2.05, 4.69) is 40.7 Å². The lowest BCUT2D eigenvalue weighted by Gasteiger charge is -2.52. The maximum absolute atomic E-state index is 12.8. The second kappa shape index (κ2) is 5.09. The first kappa shape index (κ1) is 14.5. The summed E-state index contributed by atoms with van der Waals surface area (Å²) in [4.78, 5) is 15.4. The highest BCUT2D eigenvalue weighted by molar-refractivity contribution is 5.89. The van der Waals surface area contributed by atoms with E-state index in [1.54, 1.807) is 0 Å². The van der Waals surface area contributed by atoms with E-state index in [9.17, 15) is 4.79 Å². The Morgan fingerprint density at radius 3 is 2.96 bits per heavy atom. The Kier molecular flexibility index (Phi) is 3.08. The van der Waals surface area contributed by atoms with Crippen molar-refractivity contribution in [3.8, 4) is 0 Å². The highest BCUT2D eigenvalue weighted by atomic mass is 16.5. The minimum atomic E-state index is -0.162. The average Bonchev–Trinajstić information content (AvgIpc) is 2.96. The lowest BCUT2D eigenvalue weighted by atomic mass is 9.71. The SMILES string of the molecule is CC[C@@H]1CN2CCc3c4n(c5ccccc35)[C@H](C(=O)OC)[C@@H]1C[C@H]42. The normalized spacial score (nSPS) is 31.2. The van der Waals surface area contributed by atoms with E-state index in [-0.39, 0.29) is 12.0 Å². The van der Waals surface area contributed by atoms with Crippen LogP contribution in [0.1, 0.15) is 43.1 Å². The minimum absolute atomic E-state index is 0.0699. The van der Waals surface area contributed by atoms with Crippen molar-refractivity contribution < 1.29 is 9.53 Å². The van der Waals surface area contributed by atoms with Crippen LogP contribution < -0.4 is 0 Å². The van der Waals surface area contributed by atoms with Gasteiger partial charge in [0, 0.05) is 29.7 Å². The zero-order valence-electron chi connectivity index (χ0n) is 14.4. The summed E-state index contributed by atoms with van der Waals surface area (Å²) < 4.78 is 7.61. The van der Waals surface area contributed by atoms with Crippen LogP contribution in [-0.4, -0.2) is 35.6 Å². The molecule has 0 N–H and O–H groups in total. The van der Waals surface area contributed by atoms with Crippen molar-refractivity contribution >= 4 is 16.9 Å². The quantitative estimate of drug-likeness (QED) is 0.795. The molecule has 3 aliphatic rings. The molecule has 4 atom stereocenters. The van der Waals surface area contributed by atoms with Crippen LogP contribution in [0.2, 0.25) is 0 Å². The molecule has 126 valence electrons. The molecule has 4 heterocycles. The predicted octanol–water partition coefficient (Wildman–Crippen LogP) is 3.31. The van der Waals surface area contributed by atoms with Crippen molar-refractivity contribution in [1.29, 1.82) is 0 Å². The number of benzene rings is 1. The van der Waals surface area contributed by atoms with E-state index in [1.807, 2.05) is 0 Å². The summed E-state index contributed by atoms with van der Waals surface area (Å²) >= 11 is 0. The van der Waals surface area contributed by atoms with Crippen molar-refractivity contribution in [2.24, 2.45) is 11.8 Å². The van der Waals surface area contributed by atoms with Gasteiger partial charge in [-0.1, -0.05) is 31.5 Å². The molecule has 1 aromatic carbocycles. The minimum Gasteiger partial charge on any atom is -0.467 e. The van der Waals surface area contributed by atoms with Crippen LogP contribution >= 0.6 is 0 Å². The first-order chi connectivity index (χ1) is 11.7. The molecule has 0 spiro atoms. The fourth-order valence-electron chi connectivity index (χ4n) is 5.64. The summed E-state index contributed by atoms with van der Waals surface area (Å²) in [5, 5.41) is 1.33. The van der Waals surface area contributed by atoms with Gasteiger partial charge in [-0.15, -0.1) is 0 Å². The molecular formula is C20H24N2O2. The molecule has 0 radical (unpaired) electrons. The average molecular weight is 324 g/mol. The van der Waals surface area contributed by atoms with Gasteiger partial charge in [-0.05, 0) is 36.3 Å². The molecule has 1 saturated heterocycles. The van der Waals surface area contributed by atoms with Crippen LogP contribution in [0.15, 0.2) is 24.3 Å². The zero-order valence-corrected chi connectivity index (χ0v) is 14.4. The van der Waals surface area contributed by atoms with Crippen molar-refractivity contribution in [3.63, 3.8) is 0 Å². The summed E-state index contributed by atoms with van der Waals surface area (Å²) in [5.41, 5.74) is 4.07. The molecule has 0 amide bonds. The molecule has 3 aliphatic heterocycles. The number of methoxy groups -OCH3 is 1. The molecule has 0 saturated carbocycles. The highest BCUT2D eigenvalue weighted by Gasteiger charge is 2.51. The highest BCUT2D eigenvalue weighted by Crippen LogP contribution is 2.53. The number of fused-ring (bicyclic) bond motifs is 4. The fraction of sp³-hybridized carbons (Fsp3) is 0.550. The van der Waals surface area contributed by atoms with Crippen LogP contribution in [0, 0.1) is 11.8 Å². The van der Waals surface area contributed by atoms with Gasteiger partial charge in [0.15, 0.2) is 0 Å². The van der Waals surface area contributed by atoms with E-state index in [4.69, 9.17) is 4.74 Å². The Labute approximate surface area is 142 Å². The maximum atomic E-state index is 12.8. The number of carbonyl (C=O) groups is 1. The first-order valence-electron chi connectivity index (χ1n) is 9.18. The van der Waals surface area contributed by atoms with Crippen molar-refractivity contribution in [2.45, 2.75) is 38.3 Å². The molecule has 2 aromatic rings. The van der Waals surface area contributed by atoms with Crippen LogP contribution in [0.25, 0.3) is 10.9 Å². The van der Waals surface area contributed by atoms with Crippen molar-refractivity contribution in [2.75, 3.05) is 20.2 Å². The molecule has 2 bridgehead atoms. The first-order valence-corrected chi connectivity index (χ1v) is 9.18. The Bertz CT molecular complexity index is 824. The molecule has 1 aromatic heterocycles. The number of piperidine rings is 1. The summed E-state index contributed by atoms with van der Waals surface area (Å²) in [7, 11) is 1.53. The molecule has 0 aliphatic carbocycles. The number of para-hydroxylation sites is 1. The van der Waals surface area contributed by atoms with E-state index in [0.717, 1.165) is 32.4 Å². The number of aromatic nitrogens is 1. The number of esters is 1. The molecule has 4 heteroatoms. The Balaban J connectivity index is 1.83. The van der Waals surface area contributed by atoms with Gasteiger partial charge in [0.25, 0.3) is 0 Å². The van der Waals surface area contributed by atoms with Gasteiger partial charge >= 0.3 is 5.97 Å². The van der Waals surface area contributed by atoms with Gasteiger partial charge in [-0.25, -0.2) is 4.79 Å². The van der Waals surface area contributed by atoms with E-state index in [0.29, 0.717) is 17.9 Å². The van der Waals surface area contributed by atoms with Gasteiger partial charge in [0.1, 0.15) is 6.04 Å². The second-order valence-corrected chi connectivity index (χ2v) is 7.55. The van der Waals surface area contributed by atoms with Crippen LogP contribution in [0.5, 0.6) is 0 Å². The summed E-state index contributed by atoms with van der Waals surface area (Å²) in [6.45, 7) is 4.54. The molecule has 5 rings (SSSR count). The third-order valence-corrected chi connectivity index (χ3v) is 6.68. The van der Waals surface area contributed by atoms with Crippen LogP contribution in [-0.2, 0) is 16.0 Å². The van der Waals surface area contributed by atoms with Gasteiger partial charge in [-0.2, -0.15) is 0 Å². The van der Waals surface area contributed by atoms with Crippen LogP contribution in [0.3, 0.4) is 0 Å². The Morgan fingerprint density at radius 1 is 1.33 bits per heavy atom. The van der Waals surface area contributed by atoms with Crippen molar-refractivity contribution in [1.82, 2.24) is 9.47 Å². The monoisotopic (exact) mass is 324 g/mol. The topological polar surface area (TPSA) is 34.5 Å². The number of nitrogens with zero attached hydrogens (tertiary/aromatic N) is 2. The largest absolute Gasteiger partial charge is 0.467 e.